The summed E-state index contributed by atoms with van der Waals surface area (Å²) < 4.78 is 7.06. The van der Waals surface area contributed by atoms with Gasteiger partial charge in [-0.3, -0.25) is 4.79 Å². The molecule has 1 aromatic carbocycles. The fourth-order valence-electron chi connectivity index (χ4n) is 2.51. The number of aromatic nitrogens is 1. The molecule has 21 heavy (non-hydrogen) atoms. The van der Waals surface area contributed by atoms with Crippen LogP contribution in [0.4, 0.5) is 0 Å². The standard InChI is InChI=1S/C15H14Br2N2O2/c1-21-10-4-2-9(3-5-10)15(20)19-7-6-12-11(8-19)13(16)14(17)18-12/h2-5,18H,6-8H2,1H3. The third-order valence-corrected chi connectivity index (χ3v) is 5.69. The SMILES string of the molecule is COc1ccc(C(=O)N2CCc3[nH]c(Br)c(Br)c3C2)cc1. The number of methoxy groups -OCH3 is 1. The number of nitrogens with zero attached hydrogens (tertiary/aromatic N) is 1. The summed E-state index contributed by atoms with van der Waals surface area (Å²) in [6.07, 6.45) is 0.835. The number of carbonyl (C=O) groups is 1. The molecule has 0 atom stereocenters. The maximum absolute atomic E-state index is 12.6. The fourth-order valence-corrected chi connectivity index (χ4v) is 3.45. The number of benzene rings is 1. The second kappa shape index (κ2) is 5.85. The average Bonchev–Trinajstić information content (AvgIpc) is 2.81. The van der Waals surface area contributed by atoms with Gasteiger partial charge in [0.15, 0.2) is 0 Å². The van der Waals surface area contributed by atoms with Crippen molar-refractivity contribution in [3.63, 3.8) is 0 Å². The maximum atomic E-state index is 12.6. The molecule has 110 valence electrons. The van der Waals surface area contributed by atoms with Gasteiger partial charge >= 0.3 is 0 Å². The first kappa shape index (κ1) is 14.7. The van der Waals surface area contributed by atoms with E-state index in [4.69, 9.17) is 4.74 Å². The monoisotopic (exact) mass is 412 g/mol. The first-order valence-corrected chi connectivity index (χ1v) is 8.16. The molecule has 0 spiro atoms. The molecular weight excluding hydrogens is 400 g/mol. The number of hydrogen-bond donors (Lipinski definition) is 1. The molecule has 0 aliphatic carbocycles. The Kier molecular flexibility index (Phi) is 4.08. The van der Waals surface area contributed by atoms with Crippen LogP contribution in [0.3, 0.4) is 0 Å². The first-order valence-electron chi connectivity index (χ1n) is 6.58. The van der Waals surface area contributed by atoms with E-state index in [0.29, 0.717) is 12.1 Å². The Bertz CT molecular complexity index is 680. The molecule has 0 saturated carbocycles. The first-order chi connectivity index (χ1) is 10.1. The number of aromatic amines is 1. The highest BCUT2D eigenvalue weighted by Gasteiger charge is 2.25. The number of fused-ring (bicyclic) bond motifs is 1. The smallest absolute Gasteiger partial charge is 0.254 e. The molecular formula is C15H14Br2N2O2. The summed E-state index contributed by atoms with van der Waals surface area (Å²) >= 11 is 7.03. The lowest BCUT2D eigenvalue weighted by Gasteiger charge is -2.27. The zero-order valence-electron chi connectivity index (χ0n) is 11.5. The zero-order valence-corrected chi connectivity index (χ0v) is 14.6. The van der Waals surface area contributed by atoms with Crippen molar-refractivity contribution >= 4 is 37.8 Å². The van der Waals surface area contributed by atoms with E-state index in [1.165, 1.54) is 5.69 Å². The van der Waals surface area contributed by atoms with Crippen LogP contribution in [0.5, 0.6) is 5.75 Å². The van der Waals surface area contributed by atoms with E-state index < -0.39 is 0 Å². The summed E-state index contributed by atoms with van der Waals surface area (Å²) in [5.74, 6) is 0.803. The second-order valence-corrected chi connectivity index (χ2v) is 6.50. The van der Waals surface area contributed by atoms with E-state index >= 15 is 0 Å². The molecule has 2 heterocycles. The number of carbonyl (C=O) groups excluding carboxylic acids is 1. The molecule has 0 saturated heterocycles. The highest BCUT2D eigenvalue weighted by atomic mass is 79.9. The van der Waals surface area contributed by atoms with Crippen LogP contribution in [-0.4, -0.2) is 29.4 Å². The highest BCUT2D eigenvalue weighted by molar-refractivity contribution is 9.13. The molecule has 0 fully saturated rings. The molecule has 3 rings (SSSR count). The summed E-state index contributed by atoms with van der Waals surface area (Å²) in [6, 6.07) is 7.23. The van der Waals surface area contributed by atoms with Crippen LogP contribution in [-0.2, 0) is 13.0 Å². The third kappa shape index (κ3) is 2.74. The van der Waals surface area contributed by atoms with Crippen LogP contribution in [0, 0.1) is 0 Å². The number of H-pyrrole nitrogens is 1. The van der Waals surface area contributed by atoms with Crippen molar-refractivity contribution in [3.8, 4) is 5.75 Å². The number of rotatable bonds is 2. The van der Waals surface area contributed by atoms with Crippen molar-refractivity contribution in [1.29, 1.82) is 0 Å². The van der Waals surface area contributed by atoms with Crippen LogP contribution < -0.4 is 4.74 Å². The van der Waals surface area contributed by atoms with Crippen LogP contribution >= 0.6 is 31.9 Å². The van der Waals surface area contributed by atoms with E-state index in [1.807, 2.05) is 17.0 Å². The van der Waals surface area contributed by atoms with Crippen molar-refractivity contribution in [2.24, 2.45) is 0 Å². The normalized spacial score (nSPS) is 14.0. The van der Waals surface area contributed by atoms with Crippen molar-refractivity contribution in [3.05, 3.63) is 50.2 Å². The molecule has 4 nitrogen and oxygen atoms in total. The molecule has 0 unspecified atom stereocenters. The number of nitrogens with one attached hydrogen (secondary N) is 1. The lowest BCUT2D eigenvalue weighted by atomic mass is 10.1. The van der Waals surface area contributed by atoms with Gasteiger partial charge in [0.25, 0.3) is 5.91 Å². The van der Waals surface area contributed by atoms with Crippen molar-refractivity contribution < 1.29 is 9.53 Å². The molecule has 0 bridgehead atoms. The Labute approximate surface area is 139 Å². The van der Waals surface area contributed by atoms with Crippen LogP contribution in [0.1, 0.15) is 21.6 Å². The van der Waals surface area contributed by atoms with E-state index in [0.717, 1.165) is 33.4 Å². The third-order valence-electron chi connectivity index (χ3n) is 3.69. The minimum absolute atomic E-state index is 0.0486. The van der Waals surface area contributed by atoms with E-state index in [1.54, 1.807) is 19.2 Å². The Hall–Kier alpha value is -1.27. The maximum Gasteiger partial charge on any atom is 0.254 e. The molecule has 6 heteroatoms. The van der Waals surface area contributed by atoms with Gasteiger partial charge in [-0.2, -0.15) is 0 Å². The van der Waals surface area contributed by atoms with E-state index in [9.17, 15) is 4.79 Å². The van der Waals surface area contributed by atoms with Gasteiger partial charge < -0.3 is 14.6 Å². The quantitative estimate of drug-likeness (QED) is 0.814. The van der Waals surface area contributed by atoms with Crippen LogP contribution in [0.2, 0.25) is 0 Å². The predicted octanol–water partition coefficient (Wildman–Crippen LogP) is 3.75. The van der Waals surface area contributed by atoms with Gasteiger partial charge in [-0.1, -0.05) is 0 Å². The molecule has 1 aliphatic heterocycles. The van der Waals surface area contributed by atoms with Gasteiger partial charge in [-0.05, 0) is 56.1 Å². The zero-order chi connectivity index (χ0) is 15.0. The highest BCUT2D eigenvalue weighted by Crippen LogP contribution is 2.33. The van der Waals surface area contributed by atoms with Gasteiger partial charge in [0.05, 0.1) is 16.2 Å². The summed E-state index contributed by atoms with van der Waals surface area (Å²) in [6.45, 7) is 1.33. The molecule has 1 amide bonds. The average molecular weight is 414 g/mol. The van der Waals surface area contributed by atoms with E-state index in [-0.39, 0.29) is 5.91 Å². The summed E-state index contributed by atoms with van der Waals surface area (Å²) in [7, 11) is 1.62. The lowest BCUT2D eigenvalue weighted by molar-refractivity contribution is 0.0734. The number of halogens is 2. The molecule has 1 aliphatic rings. The number of ether oxygens (including phenoxy) is 1. The summed E-state index contributed by atoms with van der Waals surface area (Å²) in [4.78, 5) is 17.7. The molecule has 1 aromatic heterocycles. The second-order valence-electron chi connectivity index (χ2n) is 4.92. The summed E-state index contributed by atoms with van der Waals surface area (Å²) in [5.41, 5.74) is 3.02. The van der Waals surface area contributed by atoms with Gasteiger partial charge in [0.2, 0.25) is 0 Å². The van der Waals surface area contributed by atoms with Crippen LogP contribution in [0.25, 0.3) is 0 Å². The van der Waals surface area contributed by atoms with E-state index in [2.05, 4.69) is 36.8 Å². The topological polar surface area (TPSA) is 45.3 Å². The largest absolute Gasteiger partial charge is 0.497 e. The Morgan fingerprint density at radius 3 is 2.67 bits per heavy atom. The lowest BCUT2D eigenvalue weighted by Crippen LogP contribution is -2.35. The van der Waals surface area contributed by atoms with Gasteiger partial charge in [-0.25, -0.2) is 0 Å². The minimum atomic E-state index is 0.0486. The van der Waals surface area contributed by atoms with Gasteiger partial charge in [0.1, 0.15) is 5.75 Å². The number of amides is 1. The predicted molar refractivity (Wildman–Crippen MR) is 87.6 cm³/mol. The Morgan fingerprint density at radius 2 is 2.00 bits per heavy atom. The molecule has 1 N–H and O–H groups in total. The van der Waals surface area contributed by atoms with Crippen molar-refractivity contribution in [1.82, 2.24) is 9.88 Å². The summed E-state index contributed by atoms with van der Waals surface area (Å²) in [5, 5.41) is 0. The Balaban J connectivity index is 1.81. The van der Waals surface area contributed by atoms with Gasteiger partial charge in [0, 0.05) is 36.3 Å². The van der Waals surface area contributed by atoms with Crippen molar-refractivity contribution in [2.45, 2.75) is 13.0 Å². The van der Waals surface area contributed by atoms with Crippen molar-refractivity contribution in [2.75, 3.05) is 13.7 Å². The van der Waals surface area contributed by atoms with Crippen LogP contribution in [0.15, 0.2) is 33.3 Å². The Morgan fingerprint density at radius 1 is 1.29 bits per heavy atom. The molecule has 2 aromatic rings. The van der Waals surface area contributed by atoms with Gasteiger partial charge in [-0.15, -0.1) is 0 Å². The molecule has 0 radical (unpaired) electrons. The fraction of sp³-hybridized carbons (Fsp3) is 0.267. The minimum Gasteiger partial charge on any atom is -0.497 e. The number of hydrogen-bond acceptors (Lipinski definition) is 2.